The van der Waals surface area contributed by atoms with E-state index >= 15 is 0 Å². The smallest absolute Gasteiger partial charge is 0.335 e. The van der Waals surface area contributed by atoms with Crippen molar-refractivity contribution in [2.45, 2.75) is 32.9 Å². The lowest BCUT2D eigenvalue weighted by atomic mass is 10.1. The molecule has 2 aromatic carbocycles. The Morgan fingerprint density at radius 2 is 1.66 bits per heavy atom. The first-order valence-corrected chi connectivity index (χ1v) is 10.9. The van der Waals surface area contributed by atoms with Gasteiger partial charge < -0.3 is 18.8 Å². The molecule has 168 valence electrons. The predicted octanol–water partition coefficient (Wildman–Crippen LogP) is 4.31. The minimum Gasteiger partial charge on any atom is -0.492 e. The summed E-state index contributed by atoms with van der Waals surface area (Å²) in [5, 5.41) is 0. The van der Waals surface area contributed by atoms with Crippen LogP contribution in [0.5, 0.6) is 5.75 Å². The van der Waals surface area contributed by atoms with Crippen molar-refractivity contribution in [2.24, 2.45) is 0 Å². The van der Waals surface area contributed by atoms with Gasteiger partial charge in [0.25, 0.3) is 0 Å². The zero-order valence-corrected chi connectivity index (χ0v) is 18.5. The van der Waals surface area contributed by atoms with Crippen LogP contribution in [0.2, 0.25) is 0 Å². The molecule has 0 fully saturated rings. The van der Waals surface area contributed by atoms with Gasteiger partial charge in [-0.15, -0.1) is 0 Å². The van der Waals surface area contributed by atoms with E-state index < -0.39 is 6.10 Å². The molecule has 0 saturated carbocycles. The highest BCUT2D eigenvalue weighted by molar-refractivity contribution is 6.07. The van der Waals surface area contributed by atoms with E-state index in [0.717, 1.165) is 11.3 Å². The summed E-state index contributed by atoms with van der Waals surface area (Å²) in [7, 11) is 0. The fourth-order valence-electron chi connectivity index (χ4n) is 3.40. The van der Waals surface area contributed by atoms with Gasteiger partial charge >= 0.3 is 5.97 Å². The first-order valence-electron chi connectivity index (χ1n) is 10.9. The van der Waals surface area contributed by atoms with Crippen LogP contribution in [0.1, 0.15) is 35.5 Å². The molecule has 0 N–H and O–H groups in total. The van der Waals surface area contributed by atoms with E-state index in [0.29, 0.717) is 44.0 Å². The molecule has 0 saturated heterocycles. The Balaban J connectivity index is 1.54. The lowest BCUT2D eigenvalue weighted by Crippen LogP contribution is -2.28. The molecular formula is C26H29NO5. The van der Waals surface area contributed by atoms with Crippen LogP contribution in [0.4, 0.5) is 0 Å². The molecule has 0 spiro atoms. The third-order valence-corrected chi connectivity index (χ3v) is 4.96. The van der Waals surface area contributed by atoms with Gasteiger partial charge in [0, 0.05) is 24.8 Å². The number of ketones is 1. The Morgan fingerprint density at radius 3 is 2.34 bits per heavy atom. The van der Waals surface area contributed by atoms with Gasteiger partial charge in [-0.05, 0) is 43.7 Å². The zero-order chi connectivity index (χ0) is 22.8. The Labute approximate surface area is 188 Å². The quantitative estimate of drug-likeness (QED) is 0.313. The summed E-state index contributed by atoms with van der Waals surface area (Å²) in [6.45, 7) is 5.38. The van der Waals surface area contributed by atoms with Crippen LogP contribution in [0.3, 0.4) is 0 Å². The van der Waals surface area contributed by atoms with Gasteiger partial charge in [-0.1, -0.05) is 42.5 Å². The second kappa shape index (κ2) is 11.9. The van der Waals surface area contributed by atoms with Gasteiger partial charge in [0.05, 0.1) is 18.8 Å². The Morgan fingerprint density at radius 1 is 0.906 bits per heavy atom. The molecule has 0 bridgehead atoms. The number of carbonyl (C=O) groups excluding carboxylic acids is 2. The van der Waals surface area contributed by atoms with Crippen molar-refractivity contribution in [3.63, 3.8) is 0 Å². The van der Waals surface area contributed by atoms with Crippen molar-refractivity contribution in [3.8, 4) is 5.75 Å². The van der Waals surface area contributed by atoms with Crippen LogP contribution in [0.25, 0.3) is 0 Å². The SMILES string of the molecule is CCOC(=O)C(Cc1ccc(OCCn2cccc2C(=O)c2ccccc2)cc1)OCC. The van der Waals surface area contributed by atoms with Crippen molar-refractivity contribution in [1.29, 1.82) is 0 Å². The molecule has 3 rings (SSSR count). The highest BCUT2D eigenvalue weighted by Gasteiger charge is 2.20. The monoisotopic (exact) mass is 435 g/mol. The zero-order valence-electron chi connectivity index (χ0n) is 18.5. The van der Waals surface area contributed by atoms with Crippen molar-refractivity contribution in [2.75, 3.05) is 19.8 Å². The van der Waals surface area contributed by atoms with Crippen LogP contribution in [0.15, 0.2) is 72.9 Å². The molecule has 0 aliphatic heterocycles. The molecule has 0 aliphatic carbocycles. The van der Waals surface area contributed by atoms with E-state index in [1.165, 1.54) is 0 Å². The summed E-state index contributed by atoms with van der Waals surface area (Å²) in [6, 6.07) is 20.5. The predicted molar refractivity (Wildman–Crippen MR) is 122 cm³/mol. The summed E-state index contributed by atoms with van der Waals surface area (Å²) in [5.74, 6) is 0.369. The van der Waals surface area contributed by atoms with Crippen molar-refractivity contribution in [1.82, 2.24) is 4.57 Å². The molecule has 6 heteroatoms. The average molecular weight is 436 g/mol. The topological polar surface area (TPSA) is 66.8 Å². The van der Waals surface area contributed by atoms with Crippen LogP contribution in [-0.4, -0.2) is 42.2 Å². The summed E-state index contributed by atoms with van der Waals surface area (Å²) < 4.78 is 18.4. The number of hydrogen-bond acceptors (Lipinski definition) is 5. The lowest BCUT2D eigenvalue weighted by Gasteiger charge is -2.16. The highest BCUT2D eigenvalue weighted by Crippen LogP contribution is 2.16. The van der Waals surface area contributed by atoms with Crippen molar-refractivity contribution < 1.29 is 23.8 Å². The number of benzene rings is 2. The molecule has 0 amide bonds. The van der Waals surface area contributed by atoms with E-state index in [-0.39, 0.29) is 11.8 Å². The second-order valence-electron chi connectivity index (χ2n) is 7.17. The van der Waals surface area contributed by atoms with Crippen LogP contribution in [-0.2, 0) is 27.2 Å². The maximum Gasteiger partial charge on any atom is 0.335 e. The maximum absolute atomic E-state index is 12.7. The van der Waals surface area contributed by atoms with Crippen molar-refractivity contribution >= 4 is 11.8 Å². The third kappa shape index (κ3) is 6.31. The highest BCUT2D eigenvalue weighted by atomic mass is 16.6. The van der Waals surface area contributed by atoms with Crippen molar-refractivity contribution in [3.05, 3.63) is 89.7 Å². The van der Waals surface area contributed by atoms with Gasteiger partial charge in [-0.25, -0.2) is 4.79 Å². The Kier molecular flexibility index (Phi) is 8.63. The van der Waals surface area contributed by atoms with Gasteiger partial charge in [-0.3, -0.25) is 4.79 Å². The minimum atomic E-state index is -0.610. The summed E-state index contributed by atoms with van der Waals surface area (Å²) >= 11 is 0. The normalized spacial score (nSPS) is 11.7. The molecule has 1 heterocycles. The number of esters is 1. The van der Waals surface area contributed by atoms with Crippen LogP contribution in [0, 0.1) is 0 Å². The molecule has 0 aliphatic rings. The summed E-state index contributed by atoms with van der Waals surface area (Å²) in [4.78, 5) is 24.7. The number of rotatable bonds is 12. The molecule has 1 atom stereocenters. The molecule has 3 aromatic rings. The number of nitrogens with zero attached hydrogens (tertiary/aromatic N) is 1. The average Bonchev–Trinajstić information content (AvgIpc) is 3.28. The van der Waals surface area contributed by atoms with E-state index in [2.05, 4.69) is 0 Å². The van der Waals surface area contributed by atoms with E-state index in [1.54, 1.807) is 6.92 Å². The van der Waals surface area contributed by atoms with Gasteiger partial charge in [-0.2, -0.15) is 0 Å². The summed E-state index contributed by atoms with van der Waals surface area (Å²) in [6.07, 6.45) is 1.72. The fourth-order valence-corrected chi connectivity index (χ4v) is 3.40. The molecule has 1 unspecified atom stereocenters. The number of ether oxygens (including phenoxy) is 3. The number of aromatic nitrogens is 1. The largest absolute Gasteiger partial charge is 0.492 e. The van der Waals surface area contributed by atoms with E-state index in [4.69, 9.17) is 14.2 Å². The second-order valence-corrected chi connectivity index (χ2v) is 7.17. The number of hydrogen-bond donors (Lipinski definition) is 0. The minimum absolute atomic E-state index is 0.00888. The molecule has 32 heavy (non-hydrogen) atoms. The van der Waals surface area contributed by atoms with Gasteiger partial charge in [0.15, 0.2) is 6.10 Å². The first-order chi connectivity index (χ1) is 15.6. The van der Waals surface area contributed by atoms with Crippen LogP contribution < -0.4 is 4.74 Å². The first kappa shape index (κ1) is 23.3. The number of carbonyl (C=O) groups is 2. The maximum atomic E-state index is 12.7. The van der Waals surface area contributed by atoms with E-state index in [1.807, 2.05) is 84.4 Å². The summed E-state index contributed by atoms with van der Waals surface area (Å²) in [5.41, 5.74) is 2.26. The molecule has 0 radical (unpaired) electrons. The standard InChI is InChI=1S/C26H29NO5/c1-3-30-24(26(29)31-4-2)19-20-12-14-22(15-13-20)32-18-17-27-16-8-11-23(27)25(28)21-9-6-5-7-10-21/h5-16,24H,3-4,17-19H2,1-2H3. The molecule has 6 nitrogen and oxygen atoms in total. The van der Waals surface area contributed by atoms with Gasteiger partial charge in [0.2, 0.25) is 5.78 Å². The third-order valence-electron chi connectivity index (χ3n) is 4.96. The lowest BCUT2D eigenvalue weighted by molar-refractivity contribution is -0.156. The molecular weight excluding hydrogens is 406 g/mol. The van der Waals surface area contributed by atoms with E-state index in [9.17, 15) is 9.59 Å². The van der Waals surface area contributed by atoms with Gasteiger partial charge in [0.1, 0.15) is 12.4 Å². The fraction of sp³-hybridized carbons (Fsp3) is 0.308. The Bertz CT molecular complexity index is 995. The Hall–Kier alpha value is -3.38. The van der Waals surface area contributed by atoms with Crippen LogP contribution >= 0.6 is 0 Å². The molecule has 1 aromatic heterocycles.